The number of amides is 1. The Bertz CT molecular complexity index is 396. The minimum Gasteiger partial charge on any atom is -0.320 e. The SMILES string of the molecule is [C-]#[N+]CC(=O)Nc1ccc(C)c(Cl)c1. The predicted molar refractivity (Wildman–Crippen MR) is 56.3 cm³/mol. The molecule has 0 unspecified atom stereocenters. The van der Waals surface area contributed by atoms with Gasteiger partial charge in [0.25, 0.3) is 6.54 Å². The van der Waals surface area contributed by atoms with E-state index in [0.717, 1.165) is 5.56 Å². The standard InChI is InChI=1S/C10H9ClN2O/c1-7-3-4-8(5-9(7)11)13-10(14)6-12-2/h3-5H,6H2,1H3,(H,13,14). The Morgan fingerprint density at radius 1 is 1.64 bits per heavy atom. The number of aryl methyl sites for hydroxylation is 1. The van der Waals surface area contributed by atoms with Gasteiger partial charge < -0.3 is 10.2 Å². The molecule has 0 fully saturated rings. The van der Waals surface area contributed by atoms with Crippen LogP contribution in [0.4, 0.5) is 5.69 Å². The molecule has 0 heterocycles. The number of rotatable bonds is 2. The van der Waals surface area contributed by atoms with E-state index in [1.165, 1.54) is 0 Å². The fraction of sp³-hybridized carbons (Fsp3) is 0.200. The van der Waals surface area contributed by atoms with Gasteiger partial charge in [-0.25, -0.2) is 6.57 Å². The highest BCUT2D eigenvalue weighted by atomic mass is 35.5. The van der Waals surface area contributed by atoms with Crippen molar-refractivity contribution in [3.8, 4) is 0 Å². The molecule has 1 rings (SSSR count). The van der Waals surface area contributed by atoms with Crippen LogP contribution < -0.4 is 5.32 Å². The molecule has 72 valence electrons. The number of nitrogens with zero attached hydrogens (tertiary/aromatic N) is 1. The van der Waals surface area contributed by atoms with Crippen molar-refractivity contribution >= 4 is 23.2 Å². The van der Waals surface area contributed by atoms with Crippen molar-refractivity contribution in [1.29, 1.82) is 0 Å². The molecule has 0 saturated heterocycles. The van der Waals surface area contributed by atoms with Crippen LogP contribution in [0, 0.1) is 13.5 Å². The summed E-state index contributed by atoms with van der Waals surface area (Å²) in [5, 5.41) is 3.18. The van der Waals surface area contributed by atoms with Crippen molar-refractivity contribution in [3.05, 3.63) is 40.2 Å². The van der Waals surface area contributed by atoms with Crippen molar-refractivity contribution in [1.82, 2.24) is 0 Å². The lowest BCUT2D eigenvalue weighted by Gasteiger charge is -2.03. The highest BCUT2D eigenvalue weighted by Crippen LogP contribution is 2.19. The Morgan fingerprint density at radius 2 is 2.36 bits per heavy atom. The van der Waals surface area contributed by atoms with Crippen LogP contribution in [0.5, 0.6) is 0 Å². The lowest BCUT2D eigenvalue weighted by molar-refractivity contribution is -0.114. The van der Waals surface area contributed by atoms with Crippen LogP contribution in [0.1, 0.15) is 5.56 Å². The maximum absolute atomic E-state index is 11.0. The zero-order chi connectivity index (χ0) is 10.6. The fourth-order valence-electron chi connectivity index (χ4n) is 0.943. The second kappa shape index (κ2) is 4.64. The third kappa shape index (κ3) is 2.75. The smallest absolute Gasteiger partial charge is 0.304 e. The maximum atomic E-state index is 11.0. The fourth-order valence-corrected chi connectivity index (χ4v) is 1.12. The predicted octanol–water partition coefficient (Wildman–Crippen LogP) is 2.51. The first-order valence-electron chi connectivity index (χ1n) is 4.02. The summed E-state index contributed by atoms with van der Waals surface area (Å²) in [6, 6.07) is 5.23. The molecule has 0 radical (unpaired) electrons. The van der Waals surface area contributed by atoms with Gasteiger partial charge in [0.05, 0.1) is 0 Å². The zero-order valence-corrected chi connectivity index (χ0v) is 8.43. The summed E-state index contributed by atoms with van der Waals surface area (Å²) in [7, 11) is 0. The molecule has 0 saturated carbocycles. The number of benzene rings is 1. The van der Waals surface area contributed by atoms with Gasteiger partial charge in [0.1, 0.15) is 0 Å². The lowest BCUT2D eigenvalue weighted by Crippen LogP contribution is -2.13. The monoisotopic (exact) mass is 208 g/mol. The molecular weight excluding hydrogens is 200 g/mol. The third-order valence-electron chi connectivity index (χ3n) is 1.68. The lowest BCUT2D eigenvalue weighted by atomic mass is 10.2. The first-order chi connectivity index (χ1) is 6.63. The molecule has 0 aliphatic heterocycles. The summed E-state index contributed by atoms with van der Waals surface area (Å²) in [5.41, 5.74) is 1.57. The first-order valence-corrected chi connectivity index (χ1v) is 4.40. The highest BCUT2D eigenvalue weighted by Gasteiger charge is 2.04. The van der Waals surface area contributed by atoms with Gasteiger partial charge in [0, 0.05) is 10.7 Å². The number of carbonyl (C=O) groups excluding carboxylic acids is 1. The molecule has 0 aliphatic carbocycles. The molecule has 4 heteroatoms. The van der Waals surface area contributed by atoms with Crippen LogP contribution in [-0.4, -0.2) is 12.5 Å². The number of nitrogens with one attached hydrogen (secondary N) is 1. The van der Waals surface area contributed by atoms with E-state index < -0.39 is 0 Å². The molecule has 14 heavy (non-hydrogen) atoms. The van der Waals surface area contributed by atoms with E-state index in [1.54, 1.807) is 12.1 Å². The van der Waals surface area contributed by atoms with Crippen molar-refractivity contribution < 1.29 is 4.79 Å². The summed E-state index contributed by atoms with van der Waals surface area (Å²) in [5.74, 6) is -0.320. The van der Waals surface area contributed by atoms with Gasteiger partial charge >= 0.3 is 5.91 Å². The number of hydrogen-bond donors (Lipinski definition) is 1. The molecule has 1 N–H and O–H groups in total. The summed E-state index contributed by atoms with van der Waals surface area (Å²) >= 11 is 5.86. The van der Waals surface area contributed by atoms with E-state index in [4.69, 9.17) is 18.2 Å². The third-order valence-corrected chi connectivity index (χ3v) is 2.09. The zero-order valence-electron chi connectivity index (χ0n) is 7.67. The second-order valence-electron chi connectivity index (χ2n) is 2.83. The maximum Gasteiger partial charge on any atom is 0.304 e. The molecule has 1 aromatic carbocycles. The topological polar surface area (TPSA) is 33.5 Å². The van der Waals surface area contributed by atoms with Gasteiger partial charge in [-0.05, 0) is 24.6 Å². The van der Waals surface area contributed by atoms with Gasteiger partial charge in [-0.3, -0.25) is 4.79 Å². The largest absolute Gasteiger partial charge is 0.320 e. The number of hydrogen-bond acceptors (Lipinski definition) is 1. The first kappa shape index (κ1) is 10.6. The van der Waals surface area contributed by atoms with Crippen LogP contribution in [0.15, 0.2) is 18.2 Å². The molecule has 0 atom stereocenters. The van der Waals surface area contributed by atoms with E-state index in [1.807, 2.05) is 13.0 Å². The van der Waals surface area contributed by atoms with E-state index in [9.17, 15) is 4.79 Å². The van der Waals surface area contributed by atoms with Crippen LogP contribution in [-0.2, 0) is 4.79 Å². The highest BCUT2D eigenvalue weighted by molar-refractivity contribution is 6.31. The Morgan fingerprint density at radius 3 is 2.93 bits per heavy atom. The molecule has 0 aromatic heterocycles. The summed E-state index contributed by atoms with van der Waals surface area (Å²) in [6.45, 7) is 8.23. The molecule has 0 aliphatic rings. The summed E-state index contributed by atoms with van der Waals surface area (Å²) in [4.78, 5) is 14.0. The summed E-state index contributed by atoms with van der Waals surface area (Å²) in [6.07, 6.45) is 0. The Hall–Kier alpha value is -1.53. The van der Waals surface area contributed by atoms with Crippen LogP contribution in [0.2, 0.25) is 5.02 Å². The van der Waals surface area contributed by atoms with Crippen molar-refractivity contribution in [3.63, 3.8) is 0 Å². The van der Waals surface area contributed by atoms with Crippen LogP contribution in [0.3, 0.4) is 0 Å². The minimum atomic E-state index is -0.320. The number of carbonyl (C=O) groups is 1. The Balaban J connectivity index is 2.74. The van der Waals surface area contributed by atoms with Gasteiger partial charge in [-0.2, -0.15) is 0 Å². The van der Waals surface area contributed by atoms with E-state index in [-0.39, 0.29) is 12.5 Å². The minimum absolute atomic E-state index is 0.161. The van der Waals surface area contributed by atoms with E-state index in [2.05, 4.69) is 10.2 Å². The quantitative estimate of drug-likeness (QED) is 0.745. The average molecular weight is 209 g/mol. The summed E-state index contributed by atoms with van der Waals surface area (Å²) < 4.78 is 0. The second-order valence-corrected chi connectivity index (χ2v) is 3.24. The molecule has 0 bridgehead atoms. The van der Waals surface area contributed by atoms with Gasteiger partial charge in [0.2, 0.25) is 0 Å². The van der Waals surface area contributed by atoms with Crippen molar-refractivity contribution in [2.45, 2.75) is 6.92 Å². The molecule has 1 aromatic rings. The van der Waals surface area contributed by atoms with Crippen LogP contribution >= 0.6 is 11.6 Å². The molecule has 1 amide bonds. The van der Waals surface area contributed by atoms with Gasteiger partial charge in [-0.1, -0.05) is 17.7 Å². The molecule has 3 nitrogen and oxygen atoms in total. The molecular formula is C10H9ClN2O. The normalized spacial score (nSPS) is 9.21. The van der Waals surface area contributed by atoms with Gasteiger partial charge in [-0.15, -0.1) is 0 Å². The van der Waals surface area contributed by atoms with E-state index in [0.29, 0.717) is 10.7 Å². The van der Waals surface area contributed by atoms with Crippen molar-refractivity contribution in [2.75, 3.05) is 11.9 Å². The van der Waals surface area contributed by atoms with Crippen LogP contribution in [0.25, 0.3) is 4.85 Å². The van der Waals surface area contributed by atoms with Gasteiger partial charge in [0.15, 0.2) is 0 Å². The van der Waals surface area contributed by atoms with E-state index >= 15 is 0 Å². The number of anilines is 1. The Labute approximate surface area is 87.5 Å². The number of halogens is 1. The Kier molecular flexibility index (Phi) is 3.49. The van der Waals surface area contributed by atoms with Crippen molar-refractivity contribution in [2.24, 2.45) is 0 Å². The molecule has 0 spiro atoms. The average Bonchev–Trinajstić information content (AvgIpc) is 2.12.